The highest BCUT2D eigenvalue weighted by molar-refractivity contribution is 5.94. The van der Waals surface area contributed by atoms with Gasteiger partial charge < -0.3 is 25.5 Å². The number of rotatable bonds is 8. The zero-order valence-corrected chi connectivity index (χ0v) is 19.2. The van der Waals surface area contributed by atoms with Crippen LogP contribution in [0.4, 0.5) is 0 Å². The lowest BCUT2D eigenvalue weighted by Crippen LogP contribution is -2.47. The predicted molar refractivity (Wildman–Crippen MR) is 132 cm³/mol. The number of carbonyl (C=O) groups is 1. The van der Waals surface area contributed by atoms with Gasteiger partial charge in [0.2, 0.25) is 0 Å². The summed E-state index contributed by atoms with van der Waals surface area (Å²) in [6.45, 7) is 2.03. The fourth-order valence-corrected chi connectivity index (χ4v) is 4.63. The average Bonchev–Trinajstić information content (AvgIpc) is 2.87. The van der Waals surface area contributed by atoms with Crippen molar-refractivity contribution in [1.82, 2.24) is 10.2 Å². The summed E-state index contributed by atoms with van der Waals surface area (Å²) in [7, 11) is 0. The highest BCUT2D eigenvalue weighted by Gasteiger charge is 2.35. The van der Waals surface area contributed by atoms with Crippen LogP contribution in [0, 0.1) is 0 Å². The summed E-state index contributed by atoms with van der Waals surface area (Å²) in [4.78, 5) is 14.7. The summed E-state index contributed by atoms with van der Waals surface area (Å²) >= 11 is 0. The number of β-amino-alcohol motifs (C(OH)–C–C–N with tert-alkyl or cyclic N) is 1. The van der Waals surface area contributed by atoms with Gasteiger partial charge in [0, 0.05) is 37.7 Å². The van der Waals surface area contributed by atoms with Gasteiger partial charge in [0.05, 0.1) is 11.7 Å². The molecule has 2 unspecified atom stereocenters. The molecule has 1 aliphatic rings. The maximum absolute atomic E-state index is 12.6. The van der Waals surface area contributed by atoms with E-state index in [0.29, 0.717) is 38.0 Å². The SMILES string of the molecule is O=C(NCC(c1ccc(O)cc1)C(O)CN1CCC(O)(c2ccccc2)CC1)c1ccccc1. The van der Waals surface area contributed by atoms with Crippen LogP contribution in [-0.4, -0.2) is 58.4 Å². The van der Waals surface area contributed by atoms with E-state index in [4.69, 9.17) is 0 Å². The Bertz CT molecular complexity index is 1050. The molecule has 0 saturated carbocycles. The van der Waals surface area contributed by atoms with Gasteiger partial charge in [-0.05, 0) is 48.2 Å². The molecule has 0 spiro atoms. The van der Waals surface area contributed by atoms with Crippen LogP contribution < -0.4 is 5.32 Å². The first kappa shape index (κ1) is 24.0. The molecule has 1 fully saturated rings. The number of aliphatic hydroxyl groups is 2. The first-order valence-electron chi connectivity index (χ1n) is 11.8. The summed E-state index contributed by atoms with van der Waals surface area (Å²) < 4.78 is 0. The third-order valence-electron chi connectivity index (χ3n) is 6.74. The Balaban J connectivity index is 1.40. The minimum absolute atomic E-state index is 0.154. The largest absolute Gasteiger partial charge is 0.508 e. The van der Waals surface area contributed by atoms with Crippen molar-refractivity contribution >= 4 is 5.91 Å². The third kappa shape index (κ3) is 5.83. The summed E-state index contributed by atoms with van der Waals surface area (Å²) in [5, 5.41) is 34.9. The van der Waals surface area contributed by atoms with Crippen LogP contribution in [0.2, 0.25) is 0 Å². The predicted octanol–water partition coefficient (Wildman–Crippen LogP) is 3.25. The van der Waals surface area contributed by atoms with E-state index in [-0.39, 0.29) is 24.1 Å². The number of hydrogen-bond donors (Lipinski definition) is 4. The molecule has 3 aromatic rings. The Morgan fingerprint density at radius 2 is 1.50 bits per heavy atom. The topological polar surface area (TPSA) is 93.0 Å². The summed E-state index contributed by atoms with van der Waals surface area (Å²) in [5.41, 5.74) is 1.50. The molecule has 2 atom stereocenters. The highest BCUT2D eigenvalue weighted by atomic mass is 16.3. The zero-order chi connectivity index (χ0) is 24.0. The quantitative estimate of drug-likeness (QED) is 0.414. The maximum Gasteiger partial charge on any atom is 0.251 e. The Kier molecular flexibility index (Phi) is 7.63. The van der Waals surface area contributed by atoms with Gasteiger partial charge in [-0.3, -0.25) is 4.79 Å². The van der Waals surface area contributed by atoms with Crippen LogP contribution in [0.15, 0.2) is 84.9 Å². The number of nitrogens with one attached hydrogen (secondary N) is 1. The normalized spacial score (nSPS) is 17.6. The number of benzene rings is 3. The number of carbonyl (C=O) groups excluding carboxylic acids is 1. The second kappa shape index (κ2) is 10.8. The minimum Gasteiger partial charge on any atom is -0.508 e. The average molecular weight is 461 g/mol. The number of aliphatic hydroxyl groups excluding tert-OH is 1. The Morgan fingerprint density at radius 1 is 0.912 bits per heavy atom. The molecular weight excluding hydrogens is 428 g/mol. The van der Waals surface area contributed by atoms with E-state index in [9.17, 15) is 20.1 Å². The van der Waals surface area contributed by atoms with E-state index < -0.39 is 11.7 Å². The fraction of sp³-hybridized carbons (Fsp3) is 0.321. The van der Waals surface area contributed by atoms with Crippen molar-refractivity contribution in [2.24, 2.45) is 0 Å². The van der Waals surface area contributed by atoms with Gasteiger partial charge in [0.1, 0.15) is 5.75 Å². The number of hydrogen-bond acceptors (Lipinski definition) is 5. The second-order valence-electron chi connectivity index (χ2n) is 9.04. The van der Waals surface area contributed by atoms with E-state index in [1.165, 1.54) is 0 Å². The molecule has 0 aromatic heterocycles. The Morgan fingerprint density at radius 3 is 2.12 bits per heavy atom. The number of likely N-dealkylation sites (tertiary alicyclic amines) is 1. The second-order valence-corrected chi connectivity index (χ2v) is 9.04. The molecule has 6 nitrogen and oxygen atoms in total. The summed E-state index contributed by atoms with van der Waals surface area (Å²) in [6, 6.07) is 25.5. The fourth-order valence-electron chi connectivity index (χ4n) is 4.63. The molecule has 6 heteroatoms. The lowest BCUT2D eigenvalue weighted by Gasteiger charge is -2.40. The minimum atomic E-state index is -0.845. The Hall–Kier alpha value is -3.19. The molecule has 0 bridgehead atoms. The van der Waals surface area contributed by atoms with Crippen LogP contribution in [0.5, 0.6) is 5.75 Å². The van der Waals surface area contributed by atoms with Crippen molar-refractivity contribution in [2.75, 3.05) is 26.2 Å². The molecule has 3 aromatic carbocycles. The number of phenols is 1. The van der Waals surface area contributed by atoms with Gasteiger partial charge in [-0.1, -0.05) is 60.7 Å². The van der Waals surface area contributed by atoms with Crippen molar-refractivity contribution in [1.29, 1.82) is 0 Å². The van der Waals surface area contributed by atoms with Gasteiger partial charge in [0.25, 0.3) is 5.91 Å². The smallest absolute Gasteiger partial charge is 0.251 e. The number of piperidine rings is 1. The van der Waals surface area contributed by atoms with Gasteiger partial charge in [-0.15, -0.1) is 0 Å². The van der Waals surface area contributed by atoms with Crippen LogP contribution in [-0.2, 0) is 5.60 Å². The van der Waals surface area contributed by atoms with Crippen molar-refractivity contribution < 1.29 is 20.1 Å². The number of nitrogens with zero attached hydrogens (tertiary/aromatic N) is 1. The first-order valence-corrected chi connectivity index (χ1v) is 11.8. The summed E-state index contributed by atoms with van der Waals surface area (Å²) in [5.74, 6) is -0.382. The van der Waals surface area contributed by atoms with Crippen molar-refractivity contribution in [3.63, 3.8) is 0 Å². The van der Waals surface area contributed by atoms with Gasteiger partial charge in [-0.2, -0.15) is 0 Å². The van der Waals surface area contributed by atoms with Gasteiger partial charge in [0.15, 0.2) is 0 Å². The Labute approximate surface area is 200 Å². The molecule has 1 aliphatic heterocycles. The van der Waals surface area contributed by atoms with Gasteiger partial charge >= 0.3 is 0 Å². The molecule has 1 heterocycles. The molecule has 178 valence electrons. The van der Waals surface area contributed by atoms with Gasteiger partial charge in [-0.25, -0.2) is 0 Å². The molecule has 4 rings (SSSR count). The molecule has 0 aliphatic carbocycles. The third-order valence-corrected chi connectivity index (χ3v) is 6.74. The monoisotopic (exact) mass is 460 g/mol. The molecule has 34 heavy (non-hydrogen) atoms. The molecule has 1 amide bonds. The molecule has 1 saturated heterocycles. The van der Waals surface area contributed by atoms with Crippen molar-refractivity contribution in [3.8, 4) is 5.75 Å². The standard InChI is InChI=1S/C28H32N2O4/c31-24-13-11-21(12-14-24)25(19-29-27(33)22-7-3-1-4-8-22)26(32)20-30-17-15-28(34,16-18-30)23-9-5-2-6-10-23/h1-14,25-26,31-32,34H,15-20H2,(H,29,33). The number of aromatic hydroxyl groups is 1. The maximum atomic E-state index is 12.6. The van der Waals surface area contributed by atoms with E-state index in [2.05, 4.69) is 10.2 Å². The number of phenolic OH excluding ortho intramolecular Hbond substituents is 1. The lowest BCUT2D eigenvalue weighted by molar-refractivity contribution is -0.0361. The van der Waals surface area contributed by atoms with Crippen LogP contribution in [0.3, 0.4) is 0 Å². The molecule has 4 N–H and O–H groups in total. The lowest BCUT2D eigenvalue weighted by atomic mass is 9.84. The van der Waals surface area contributed by atoms with E-state index in [1.54, 1.807) is 36.4 Å². The highest BCUT2D eigenvalue weighted by Crippen LogP contribution is 2.33. The van der Waals surface area contributed by atoms with E-state index >= 15 is 0 Å². The van der Waals surface area contributed by atoms with Crippen molar-refractivity contribution in [2.45, 2.75) is 30.5 Å². The van der Waals surface area contributed by atoms with Crippen LogP contribution >= 0.6 is 0 Å². The summed E-state index contributed by atoms with van der Waals surface area (Å²) in [6.07, 6.45) is 0.458. The molecular formula is C28H32N2O4. The van der Waals surface area contributed by atoms with E-state index in [1.807, 2.05) is 48.5 Å². The van der Waals surface area contributed by atoms with Crippen molar-refractivity contribution in [3.05, 3.63) is 102 Å². The van der Waals surface area contributed by atoms with Crippen LogP contribution in [0.25, 0.3) is 0 Å². The zero-order valence-electron chi connectivity index (χ0n) is 19.2. The number of amides is 1. The van der Waals surface area contributed by atoms with Crippen LogP contribution in [0.1, 0.15) is 40.2 Å². The van der Waals surface area contributed by atoms with E-state index in [0.717, 1.165) is 11.1 Å². The molecule has 0 radical (unpaired) electrons. The first-order chi connectivity index (χ1) is 16.4.